The maximum Gasteiger partial charge on any atom is 0.305 e. The number of esters is 1. The van der Waals surface area contributed by atoms with Crippen molar-refractivity contribution < 1.29 is 24.5 Å². The van der Waals surface area contributed by atoms with Crippen LogP contribution in [0.2, 0.25) is 0 Å². The number of aliphatic hydroxyl groups excluding tert-OH is 2. The maximum atomic E-state index is 12.5. The van der Waals surface area contributed by atoms with Crippen LogP contribution in [0.3, 0.4) is 0 Å². The van der Waals surface area contributed by atoms with Gasteiger partial charge < -0.3 is 20.3 Å². The number of hydrogen-bond acceptors (Lipinski definition) is 5. The third kappa shape index (κ3) is 50.1. The van der Waals surface area contributed by atoms with Gasteiger partial charge in [0.25, 0.3) is 0 Å². The van der Waals surface area contributed by atoms with E-state index in [9.17, 15) is 19.8 Å². The second-order valence-corrected chi connectivity index (χ2v) is 20.0. The average molecular weight is 893 g/mol. The van der Waals surface area contributed by atoms with Crippen LogP contribution in [0.5, 0.6) is 0 Å². The van der Waals surface area contributed by atoms with Crippen LogP contribution in [0.25, 0.3) is 0 Å². The molecule has 6 nitrogen and oxygen atoms in total. The second kappa shape index (κ2) is 53.5. The van der Waals surface area contributed by atoms with Crippen LogP contribution in [-0.4, -0.2) is 47.4 Å². The zero-order valence-electron chi connectivity index (χ0n) is 42.8. The molecular formula is C57H113NO5. The van der Waals surface area contributed by atoms with Crippen molar-refractivity contribution in [3.63, 3.8) is 0 Å². The zero-order chi connectivity index (χ0) is 45.8. The molecule has 376 valence electrons. The lowest BCUT2D eigenvalue weighted by atomic mass is 10.0. The summed E-state index contributed by atoms with van der Waals surface area (Å²) in [6.45, 7) is 4.94. The lowest BCUT2D eigenvalue weighted by Gasteiger charge is -2.22. The van der Waals surface area contributed by atoms with Crippen molar-refractivity contribution in [2.24, 2.45) is 0 Å². The molecule has 0 aromatic rings. The number of aliphatic hydroxyl groups is 2. The topological polar surface area (TPSA) is 95.9 Å². The molecule has 2 unspecified atom stereocenters. The highest BCUT2D eigenvalue weighted by atomic mass is 16.5. The molecule has 63 heavy (non-hydrogen) atoms. The lowest BCUT2D eigenvalue weighted by Crippen LogP contribution is -2.45. The number of carbonyl (C=O) groups excluding carboxylic acids is 2. The fourth-order valence-corrected chi connectivity index (χ4v) is 9.23. The summed E-state index contributed by atoms with van der Waals surface area (Å²) in [6.07, 6.45) is 60.8. The predicted octanol–water partition coefficient (Wildman–Crippen LogP) is 17.5. The van der Waals surface area contributed by atoms with E-state index in [4.69, 9.17) is 4.74 Å². The molecule has 0 bridgehead atoms. The van der Waals surface area contributed by atoms with Crippen molar-refractivity contribution in [3.05, 3.63) is 0 Å². The molecule has 0 saturated carbocycles. The van der Waals surface area contributed by atoms with Crippen molar-refractivity contribution in [2.75, 3.05) is 13.2 Å². The van der Waals surface area contributed by atoms with E-state index in [0.717, 1.165) is 57.8 Å². The third-order valence-electron chi connectivity index (χ3n) is 13.7. The average Bonchev–Trinajstić information content (AvgIpc) is 3.28. The number of amides is 1. The quantitative estimate of drug-likeness (QED) is 0.0418. The van der Waals surface area contributed by atoms with E-state index >= 15 is 0 Å². The summed E-state index contributed by atoms with van der Waals surface area (Å²) in [7, 11) is 0. The van der Waals surface area contributed by atoms with Crippen LogP contribution in [-0.2, 0) is 14.3 Å². The summed E-state index contributed by atoms with van der Waals surface area (Å²) >= 11 is 0. The molecule has 3 N–H and O–H groups in total. The molecule has 0 fully saturated rings. The summed E-state index contributed by atoms with van der Waals surface area (Å²) in [5.74, 6) is -0.0582. The van der Waals surface area contributed by atoms with Crippen molar-refractivity contribution in [1.29, 1.82) is 0 Å². The Morgan fingerprint density at radius 1 is 0.381 bits per heavy atom. The minimum Gasteiger partial charge on any atom is -0.466 e. The zero-order valence-corrected chi connectivity index (χ0v) is 42.8. The summed E-state index contributed by atoms with van der Waals surface area (Å²) in [6, 6.07) is -0.554. The largest absolute Gasteiger partial charge is 0.466 e. The van der Waals surface area contributed by atoms with Gasteiger partial charge in [-0.1, -0.05) is 290 Å². The van der Waals surface area contributed by atoms with E-state index in [2.05, 4.69) is 19.2 Å². The van der Waals surface area contributed by atoms with Gasteiger partial charge in [-0.25, -0.2) is 0 Å². The van der Waals surface area contributed by atoms with Gasteiger partial charge in [0.15, 0.2) is 0 Å². The van der Waals surface area contributed by atoms with Gasteiger partial charge in [-0.3, -0.25) is 9.59 Å². The van der Waals surface area contributed by atoms with Gasteiger partial charge in [0.1, 0.15) is 0 Å². The van der Waals surface area contributed by atoms with Gasteiger partial charge in [-0.05, 0) is 25.7 Å². The number of rotatable bonds is 54. The molecule has 0 radical (unpaired) electrons. The number of carbonyl (C=O) groups is 2. The number of nitrogens with one attached hydrogen (secondary N) is 1. The van der Waals surface area contributed by atoms with Crippen LogP contribution in [0.15, 0.2) is 0 Å². The highest BCUT2D eigenvalue weighted by molar-refractivity contribution is 5.76. The summed E-state index contributed by atoms with van der Waals surface area (Å²) in [5.41, 5.74) is 0. The lowest BCUT2D eigenvalue weighted by molar-refractivity contribution is -0.143. The molecule has 1 amide bonds. The van der Waals surface area contributed by atoms with Crippen LogP contribution >= 0.6 is 0 Å². The Bertz CT molecular complexity index is 898. The molecule has 0 spiro atoms. The van der Waals surface area contributed by atoms with E-state index in [-0.39, 0.29) is 18.5 Å². The third-order valence-corrected chi connectivity index (χ3v) is 13.7. The standard InChI is InChI=1S/C57H113NO5/c1-3-5-7-9-11-13-15-17-19-21-23-24-26-29-33-37-41-45-49-55(60)54(53-59)58-56(61)50-46-42-38-34-30-28-32-36-40-44-48-52-63-57(62)51-47-43-39-35-31-27-25-22-20-18-16-14-12-10-8-6-4-2/h54-55,59-60H,3-53H2,1-2H3,(H,58,61). The molecule has 0 aliphatic rings. The summed E-state index contributed by atoms with van der Waals surface area (Å²) in [5, 5.41) is 23.3. The van der Waals surface area contributed by atoms with Crippen LogP contribution in [0.4, 0.5) is 0 Å². The molecule has 0 aromatic carbocycles. The molecule has 2 atom stereocenters. The molecule has 0 heterocycles. The Kier molecular flexibility index (Phi) is 52.5. The first kappa shape index (κ1) is 61.9. The van der Waals surface area contributed by atoms with Gasteiger partial charge >= 0.3 is 5.97 Å². The fraction of sp³-hybridized carbons (Fsp3) is 0.965. The van der Waals surface area contributed by atoms with Gasteiger partial charge in [0.2, 0.25) is 5.91 Å². The normalized spacial score (nSPS) is 12.5. The Labute approximate surface area is 394 Å². The molecule has 0 saturated heterocycles. The first-order valence-corrected chi connectivity index (χ1v) is 28.8. The van der Waals surface area contributed by atoms with E-state index in [1.165, 1.54) is 238 Å². The molecule has 0 aliphatic heterocycles. The second-order valence-electron chi connectivity index (χ2n) is 20.0. The minimum atomic E-state index is -0.675. The minimum absolute atomic E-state index is 0.00841. The van der Waals surface area contributed by atoms with Gasteiger partial charge in [0.05, 0.1) is 25.4 Å². The molecular weight excluding hydrogens is 779 g/mol. The highest BCUT2D eigenvalue weighted by Crippen LogP contribution is 2.18. The molecule has 0 rings (SSSR count). The Balaban J connectivity index is 3.43. The fourth-order valence-electron chi connectivity index (χ4n) is 9.23. The Morgan fingerprint density at radius 3 is 0.968 bits per heavy atom. The number of hydrogen-bond donors (Lipinski definition) is 3. The Hall–Kier alpha value is -1.14. The monoisotopic (exact) mass is 892 g/mol. The van der Waals surface area contributed by atoms with E-state index < -0.39 is 12.1 Å². The highest BCUT2D eigenvalue weighted by Gasteiger charge is 2.20. The van der Waals surface area contributed by atoms with Gasteiger partial charge in [-0.15, -0.1) is 0 Å². The van der Waals surface area contributed by atoms with E-state index in [1.807, 2.05) is 0 Å². The van der Waals surface area contributed by atoms with Crippen molar-refractivity contribution >= 4 is 11.9 Å². The SMILES string of the molecule is CCCCCCCCCCCCCCCCCCCCC(O)C(CO)NC(=O)CCCCCCCCCCCCCOC(=O)CCCCCCCCCCCCCCCCCCC. The van der Waals surface area contributed by atoms with Crippen LogP contribution in [0.1, 0.15) is 328 Å². The number of ether oxygens (including phenoxy) is 1. The Morgan fingerprint density at radius 2 is 0.651 bits per heavy atom. The van der Waals surface area contributed by atoms with E-state index in [0.29, 0.717) is 25.9 Å². The van der Waals surface area contributed by atoms with Crippen molar-refractivity contribution in [1.82, 2.24) is 5.32 Å². The van der Waals surface area contributed by atoms with Gasteiger partial charge in [0, 0.05) is 12.8 Å². The first-order chi connectivity index (χ1) is 31.0. The summed E-state index contributed by atoms with van der Waals surface area (Å²) < 4.78 is 5.48. The van der Waals surface area contributed by atoms with Crippen molar-refractivity contribution in [3.8, 4) is 0 Å². The predicted molar refractivity (Wildman–Crippen MR) is 274 cm³/mol. The summed E-state index contributed by atoms with van der Waals surface area (Å²) in [4.78, 5) is 24.6. The van der Waals surface area contributed by atoms with Crippen molar-refractivity contribution in [2.45, 2.75) is 341 Å². The van der Waals surface area contributed by atoms with Crippen LogP contribution < -0.4 is 5.32 Å². The molecule has 0 aliphatic carbocycles. The number of unbranched alkanes of at least 4 members (excludes halogenated alkanes) is 43. The smallest absolute Gasteiger partial charge is 0.305 e. The molecule has 6 heteroatoms. The first-order valence-electron chi connectivity index (χ1n) is 28.8. The maximum absolute atomic E-state index is 12.5. The van der Waals surface area contributed by atoms with Gasteiger partial charge in [-0.2, -0.15) is 0 Å². The molecule has 0 aromatic heterocycles. The van der Waals surface area contributed by atoms with Crippen LogP contribution in [0, 0.1) is 0 Å². The van der Waals surface area contributed by atoms with E-state index in [1.54, 1.807) is 0 Å².